The Morgan fingerprint density at radius 2 is 2.00 bits per heavy atom. The Hall–Kier alpha value is -0.720. The van der Waals surface area contributed by atoms with E-state index in [4.69, 9.17) is 4.74 Å². The molecule has 0 unspecified atom stereocenters. The van der Waals surface area contributed by atoms with E-state index in [2.05, 4.69) is 6.58 Å². The van der Waals surface area contributed by atoms with Crippen molar-refractivity contribution in [1.29, 1.82) is 0 Å². The summed E-state index contributed by atoms with van der Waals surface area (Å²) in [6, 6.07) is 0. The van der Waals surface area contributed by atoms with Crippen LogP contribution in [0.25, 0.3) is 0 Å². The van der Waals surface area contributed by atoms with E-state index in [1.165, 1.54) is 6.26 Å². The van der Waals surface area contributed by atoms with E-state index >= 15 is 0 Å². The highest BCUT2D eigenvalue weighted by molar-refractivity contribution is 4.90. The van der Waals surface area contributed by atoms with Gasteiger partial charge in [0.05, 0.1) is 12.0 Å². The largest absolute Gasteiger partial charge is 0.470 e. The maximum absolute atomic E-state index is 4.97. The van der Waals surface area contributed by atoms with Crippen LogP contribution in [0.2, 0.25) is 0 Å². The highest BCUT2D eigenvalue weighted by atomic mass is 16.5. The van der Waals surface area contributed by atoms with Crippen LogP contribution in [-0.2, 0) is 4.74 Å². The molecule has 0 aliphatic rings. The molecule has 0 N–H and O–H groups in total. The van der Waals surface area contributed by atoms with Crippen LogP contribution in [0.5, 0.6) is 0 Å². The summed E-state index contributed by atoms with van der Waals surface area (Å²) in [4.78, 5) is 0. The SMILES string of the molecule is C=CO/C(=C\C)CC.CC. The molecule has 0 aromatic rings. The predicted octanol–water partition coefficient (Wildman–Crippen LogP) is 3.49. The van der Waals surface area contributed by atoms with Crippen molar-refractivity contribution in [1.82, 2.24) is 0 Å². The Balaban J connectivity index is 0. The molecule has 0 aromatic carbocycles. The summed E-state index contributed by atoms with van der Waals surface area (Å²) < 4.78 is 4.97. The molecule has 0 aliphatic heterocycles. The van der Waals surface area contributed by atoms with Crippen molar-refractivity contribution in [2.24, 2.45) is 0 Å². The summed E-state index contributed by atoms with van der Waals surface area (Å²) in [6.07, 6.45) is 4.31. The van der Waals surface area contributed by atoms with Gasteiger partial charge in [0.25, 0.3) is 0 Å². The molecule has 0 aromatic heterocycles. The minimum atomic E-state index is 0.933. The van der Waals surface area contributed by atoms with Gasteiger partial charge >= 0.3 is 0 Å². The summed E-state index contributed by atoms with van der Waals surface area (Å²) in [6.45, 7) is 11.4. The van der Waals surface area contributed by atoms with Gasteiger partial charge in [0.15, 0.2) is 0 Å². The number of hydrogen-bond acceptors (Lipinski definition) is 1. The van der Waals surface area contributed by atoms with Crippen molar-refractivity contribution in [3.8, 4) is 0 Å². The van der Waals surface area contributed by atoms with E-state index in [-0.39, 0.29) is 0 Å². The molecule has 0 saturated carbocycles. The molecular weight excluding hydrogens is 124 g/mol. The molecule has 0 atom stereocenters. The monoisotopic (exact) mass is 142 g/mol. The molecule has 1 nitrogen and oxygen atoms in total. The Morgan fingerprint density at radius 1 is 1.50 bits per heavy atom. The second-order valence-electron chi connectivity index (χ2n) is 1.39. The lowest BCUT2D eigenvalue weighted by molar-refractivity contribution is 0.338. The van der Waals surface area contributed by atoms with Gasteiger partial charge in [-0.25, -0.2) is 0 Å². The highest BCUT2D eigenvalue weighted by Gasteiger charge is 1.84. The van der Waals surface area contributed by atoms with Gasteiger partial charge in [-0.3, -0.25) is 0 Å². The Kier molecular flexibility index (Phi) is 13.4. The number of hydrogen-bond donors (Lipinski definition) is 0. The lowest BCUT2D eigenvalue weighted by atomic mass is 10.4. The fourth-order valence-corrected chi connectivity index (χ4v) is 0.463. The van der Waals surface area contributed by atoms with Gasteiger partial charge in [0, 0.05) is 6.42 Å². The van der Waals surface area contributed by atoms with Crippen LogP contribution >= 0.6 is 0 Å². The second-order valence-corrected chi connectivity index (χ2v) is 1.39. The molecule has 10 heavy (non-hydrogen) atoms. The smallest absolute Gasteiger partial charge is 0.0986 e. The van der Waals surface area contributed by atoms with Gasteiger partial charge < -0.3 is 4.74 Å². The van der Waals surface area contributed by atoms with Crippen LogP contribution in [-0.4, -0.2) is 0 Å². The van der Waals surface area contributed by atoms with Crippen molar-refractivity contribution >= 4 is 0 Å². The Labute approximate surface area is 64.4 Å². The second kappa shape index (κ2) is 11.1. The zero-order valence-electron chi connectivity index (χ0n) is 7.48. The normalized spacial score (nSPS) is 9.40. The molecule has 0 heterocycles. The first-order valence-corrected chi connectivity index (χ1v) is 3.77. The van der Waals surface area contributed by atoms with Crippen LogP contribution in [0.4, 0.5) is 0 Å². The molecular formula is C9H18O. The van der Waals surface area contributed by atoms with E-state index in [9.17, 15) is 0 Å². The summed E-state index contributed by atoms with van der Waals surface area (Å²) in [5.74, 6) is 0.972. The molecule has 1 heteroatoms. The molecule has 60 valence electrons. The molecule has 0 radical (unpaired) electrons. The summed E-state index contributed by atoms with van der Waals surface area (Å²) in [7, 11) is 0. The molecule has 0 bridgehead atoms. The van der Waals surface area contributed by atoms with E-state index < -0.39 is 0 Å². The molecule has 0 fully saturated rings. The third-order valence-electron chi connectivity index (χ3n) is 0.905. The minimum absolute atomic E-state index is 0.933. The van der Waals surface area contributed by atoms with Crippen LogP contribution in [0.1, 0.15) is 34.1 Å². The average molecular weight is 142 g/mol. The summed E-state index contributed by atoms with van der Waals surface area (Å²) in [5, 5.41) is 0. The molecule has 0 saturated heterocycles. The van der Waals surface area contributed by atoms with E-state index in [0.29, 0.717) is 0 Å². The van der Waals surface area contributed by atoms with Crippen LogP contribution in [0.15, 0.2) is 24.7 Å². The topological polar surface area (TPSA) is 9.23 Å². The van der Waals surface area contributed by atoms with Gasteiger partial charge in [-0.15, -0.1) is 0 Å². The molecule has 0 amide bonds. The fourth-order valence-electron chi connectivity index (χ4n) is 0.463. The third-order valence-corrected chi connectivity index (χ3v) is 0.905. The molecule has 0 rings (SSSR count). The Morgan fingerprint density at radius 3 is 2.10 bits per heavy atom. The zero-order valence-corrected chi connectivity index (χ0v) is 7.48. The maximum Gasteiger partial charge on any atom is 0.0986 e. The Bertz CT molecular complexity index is 92.9. The number of rotatable bonds is 3. The lowest BCUT2D eigenvalue weighted by Crippen LogP contribution is -1.79. The van der Waals surface area contributed by atoms with Crippen molar-refractivity contribution in [2.75, 3.05) is 0 Å². The predicted molar refractivity (Wildman–Crippen MR) is 46.7 cm³/mol. The van der Waals surface area contributed by atoms with E-state index in [0.717, 1.165) is 12.2 Å². The highest BCUT2D eigenvalue weighted by Crippen LogP contribution is 2.00. The first-order chi connectivity index (χ1) is 4.85. The van der Waals surface area contributed by atoms with E-state index in [1.807, 2.05) is 33.8 Å². The fraction of sp³-hybridized carbons (Fsp3) is 0.556. The van der Waals surface area contributed by atoms with Gasteiger partial charge in [-0.1, -0.05) is 27.4 Å². The van der Waals surface area contributed by atoms with Gasteiger partial charge in [-0.2, -0.15) is 0 Å². The number of ether oxygens (including phenoxy) is 1. The van der Waals surface area contributed by atoms with Crippen molar-refractivity contribution in [2.45, 2.75) is 34.1 Å². The molecule has 0 spiro atoms. The first kappa shape index (κ1) is 12.0. The van der Waals surface area contributed by atoms with Crippen molar-refractivity contribution in [3.63, 3.8) is 0 Å². The number of allylic oxidation sites excluding steroid dienone is 2. The van der Waals surface area contributed by atoms with Crippen LogP contribution in [0.3, 0.4) is 0 Å². The standard InChI is InChI=1S/C7H12O.C2H6/c1-4-7(5-2)8-6-3;1-2/h4,6H,3,5H2,1-2H3;1-2H3/b7-4-;. The van der Waals surface area contributed by atoms with Crippen molar-refractivity contribution < 1.29 is 4.74 Å². The van der Waals surface area contributed by atoms with Gasteiger partial charge in [0.2, 0.25) is 0 Å². The third kappa shape index (κ3) is 7.28. The van der Waals surface area contributed by atoms with Crippen molar-refractivity contribution in [3.05, 3.63) is 24.7 Å². The maximum atomic E-state index is 4.97. The quantitative estimate of drug-likeness (QED) is 0.548. The summed E-state index contributed by atoms with van der Waals surface area (Å²) in [5.41, 5.74) is 0. The van der Waals surface area contributed by atoms with E-state index in [1.54, 1.807) is 0 Å². The average Bonchev–Trinajstić information content (AvgIpc) is 2.04. The van der Waals surface area contributed by atoms with Crippen LogP contribution in [0, 0.1) is 0 Å². The minimum Gasteiger partial charge on any atom is -0.470 e. The molecule has 0 aliphatic carbocycles. The zero-order chi connectivity index (χ0) is 8.41. The van der Waals surface area contributed by atoms with Gasteiger partial charge in [0.1, 0.15) is 0 Å². The van der Waals surface area contributed by atoms with Crippen LogP contribution < -0.4 is 0 Å². The lowest BCUT2D eigenvalue weighted by Gasteiger charge is -1.98. The van der Waals surface area contributed by atoms with Gasteiger partial charge in [-0.05, 0) is 13.0 Å². The first-order valence-electron chi connectivity index (χ1n) is 3.77. The summed E-state index contributed by atoms with van der Waals surface area (Å²) >= 11 is 0.